The van der Waals surface area contributed by atoms with Crippen molar-refractivity contribution >= 4 is 17.6 Å². The van der Waals surface area contributed by atoms with Gasteiger partial charge in [0.05, 0.1) is 17.7 Å². The second-order valence-corrected chi connectivity index (χ2v) is 2.24. The van der Waals surface area contributed by atoms with Gasteiger partial charge >= 0.3 is 5.97 Å². The summed E-state index contributed by atoms with van der Waals surface area (Å²) >= 11 is 5.31. The zero-order chi connectivity index (χ0) is 8.69. The third-order valence-electron chi connectivity index (χ3n) is 1.08. The molecule has 0 radical (unpaired) electrons. The molecule has 4 heteroatoms. The standard InChI is InChI=1S/C7H11ClO3/c1-2-6(7(9)10)5-11-4-3-8/h5H,2-4H2,1H3,(H,9,10). The smallest absolute Gasteiger partial charge is 0.334 e. The largest absolute Gasteiger partial charge is 0.499 e. The molecule has 0 aliphatic rings. The molecular formula is C7H11ClO3. The maximum atomic E-state index is 10.3. The fourth-order valence-electron chi connectivity index (χ4n) is 0.489. The highest BCUT2D eigenvalue weighted by Crippen LogP contribution is 2.00. The molecule has 0 fully saturated rings. The van der Waals surface area contributed by atoms with Gasteiger partial charge in [0.1, 0.15) is 6.61 Å². The number of rotatable bonds is 5. The molecule has 0 saturated heterocycles. The van der Waals surface area contributed by atoms with Crippen LogP contribution in [0.5, 0.6) is 0 Å². The molecule has 0 spiro atoms. The number of ether oxygens (including phenoxy) is 1. The lowest BCUT2D eigenvalue weighted by atomic mass is 10.2. The molecule has 0 unspecified atom stereocenters. The molecule has 0 saturated carbocycles. The molecule has 0 rings (SSSR count). The Kier molecular flexibility index (Phi) is 5.65. The number of alkyl halides is 1. The maximum Gasteiger partial charge on any atom is 0.334 e. The number of carbonyl (C=O) groups is 1. The molecule has 0 amide bonds. The molecule has 0 heterocycles. The zero-order valence-corrected chi connectivity index (χ0v) is 7.10. The number of hydrogen-bond acceptors (Lipinski definition) is 2. The first-order chi connectivity index (χ1) is 5.22. The molecule has 3 nitrogen and oxygen atoms in total. The molecule has 0 aromatic carbocycles. The second-order valence-electron chi connectivity index (χ2n) is 1.86. The van der Waals surface area contributed by atoms with E-state index in [4.69, 9.17) is 21.4 Å². The molecular weight excluding hydrogens is 168 g/mol. The molecule has 0 aromatic rings. The monoisotopic (exact) mass is 178 g/mol. The maximum absolute atomic E-state index is 10.3. The fourth-order valence-corrected chi connectivity index (χ4v) is 0.578. The highest BCUT2D eigenvalue weighted by atomic mass is 35.5. The first-order valence-electron chi connectivity index (χ1n) is 3.32. The number of hydrogen-bond donors (Lipinski definition) is 1. The molecule has 0 bridgehead atoms. The van der Waals surface area contributed by atoms with Gasteiger partial charge in [-0.1, -0.05) is 6.92 Å². The minimum Gasteiger partial charge on any atom is -0.499 e. The van der Waals surface area contributed by atoms with Crippen molar-refractivity contribution in [3.05, 3.63) is 11.8 Å². The Morgan fingerprint density at radius 2 is 2.36 bits per heavy atom. The van der Waals surface area contributed by atoms with Crippen molar-refractivity contribution in [2.45, 2.75) is 13.3 Å². The van der Waals surface area contributed by atoms with Gasteiger partial charge in [-0.15, -0.1) is 11.6 Å². The van der Waals surface area contributed by atoms with E-state index in [-0.39, 0.29) is 5.57 Å². The average Bonchev–Trinajstić information content (AvgIpc) is 1.97. The van der Waals surface area contributed by atoms with Crippen LogP contribution in [0, 0.1) is 0 Å². The third-order valence-corrected chi connectivity index (χ3v) is 1.23. The van der Waals surface area contributed by atoms with Crippen LogP contribution in [0.15, 0.2) is 11.8 Å². The minimum atomic E-state index is -0.943. The summed E-state index contributed by atoms with van der Waals surface area (Å²) in [6.45, 7) is 2.10. The van der Waals surface area contributed by atoms with Gasteiger partial charge in [0.15, 0.2) is 0 Å². The van der Waals surface area contributed by atoms with Crippen molar-refractivity contribution in [1.29, 1.82) is 0 Å². The normalized spacial score (nSPS) is 11.3. The molecule has 0 aliphatic heterocycles. The van der Waals surface area contributed by atoms with E-state index in [9.17, 15) is 4.79 Å². The average molecular weight is 179 g/mol. The number of carboxylic acids is 1. The first kappa shape index (κ1) is 10.3. The third kappa shape index (κ3) is 4.67. The molecule has 64 valence electrons. The zero-order valence-electron chi connectivity index (χ0n) is 6.34. The van der Waals surface area contributed by atoms with Crippen LogP contribution in [-0.2, 0) is 9.53 Å². The lowest BCUT2D eigenvalue weighted by Crippen LogP contribution is -2.00. The summed E-state index contributed by atoms with van der Waals surface area (Å²) in [6.07, 6.45) is 1.70. The first-order valence-corrected chi connectivity index (χ1v) is 3.85. The van der Waals surface area contributed by atoms with Crippen molar-refractivity contribution < 1.29 is 14.6 Å². The highest BCUT2D eigenvalue weighted by molar-refractivity contribution is 6.17. The number of aliphatic carboxylic acids is 1. The van der Waals surface area contributed by atoms with Gasteiger partial charge in [0.2, 0.25) is 0 Å². The quantitative estimate of drug-likeness (QED) is 0.301. The van der Waals surface area contributed by atoms with Crippen molar-refractivity contribution in [1.82, 2.24) is 0 Å². The van der Waals surface area contributed by atoms with E-state index < -0.39 is 5.97 Å². The van der Waals surface area contributed by atoms with Crippen molar-refractivity contribution in [3.63, 3.8) is 0 Å². The highest BCUT2D eigenvalue weighted by Gasteiger charge is 2.03. The Morgan fingerprint density at radius 1 is 1.73 bits per heavy atom. The Balaban J connectivity index is 3.81. The second kappa shape index (κ2) is 6.04. The van der Waals surface area contributed by atoms with Crippen molar-refractivity contribution in [2.75, 3.05) is 12.5 Å². The van der Waals surface area contributed by atoms with E-state index in [1.165, 1.54) is 6.26 Å². The van der Waals surface area contributed by atoms with Gasteiger partial charge in [0.25, 0.3) is 0 Å². The summed E-state index contributed by atoms with van der Waals surface area (Å²) in [6, 6.07) is 0. The number of halogens is 1. The summed E-state index contributed by atoms with van der Waals surface area (Å²) in [5.74, 6) is -0.574. The molecule has 0 atom stereocenters. The summed E-state index contributed by atoms with van der Waals surface area (Å²) < 4.78 is 4.82. The van der Waals surface area contributed by atoms with Gasteiger partial charge in [-0.05, 0) is 6.42 Å². The van der Waals surface area contributed by atoms with E-state index in [1.807, 2.05) is 0 Å². The van der Waals surface area contributed by atoms with E-state index in [0.717, 1.165) is 0 Å². The van der Waals surface area contributed by atoms with Gasteiger partial charge in [-0.3, -0.25) is 0 Å². The van der Waals surface area contributed by atoms with Crippen LogP contribution in [0.1, 0.15) is 13.3 Å². The van der Waals surface area contributed by atoms with Crippen LogP contribution in [0.2, 0.25) is 0 Å². The summed E-state index contributed by atoms with van der Waals surface area (Å²) in [4.78, 5) is 10.3. The van der Waals surface area contributed by atoms with Gasteiger partial charge in [0, 0.05) is 0 Å². The molecule has 0 aliphatic carbocycles. The lowest BCUT2D eigenvalue weighted by Gasteiger charge is -1.98. The van der Waals surface area contributed by atoms with E-state index in [1.54, 1.807) is 6.92 Å². The minimum absolute atomic E-state index is 0.259. The Hall–Kier alpha value is -0.700. The summed E-state index contributed by atoms with van der Waals surface area (Å²) in [5.41, 5.74) is 0.259. The topological polar surface area (TPSA) is 46.5 Å². The van der Waals surface area contributed by atoms with E-state index in [2.05, 4.69) is 0 Å². The van der Waals surface area contributed by atoms with Crippen LogP contribution < -0.4 is 0 Å². The SMILES string of the molecule is CCC(=COCCCl)C(=O)O. The Bertz CT molecular complexity index is 154. The van der Waals surface area contributed by atoms with Crippen molar-refractivity contribution in [3.8, 4) is 0 Å². The molecule has 11 heavy (non-hydrogen) atoms. The van der Waals surface area contributed by atoms with E-state index in [0.29, 0.717) is 18.9 Å². The van der Waals surface area contributed by atoms with Crippen LogP contribution in [0.3, 0.4) is 0 Å². The van der Waals surface area contributed by atoms with Gasteiger partial charge in [-0.2, -0.15) is 0 Å². The molecule has 1 N–H and O–H groups in total. The van der Waals surface area contributed by atoms with Gasteiger partial charge in [-0.25, -0.2) is 4.79 Å². The lowest BCUT2D eigenvalue weighted by molar-refractivity contribution is -0.132. The van der Waals surface area contributed by atoms with E-state index >= 15 is 0 Å². The van der Waals surface area contributed by atoms with Crippen LogP contribution >= 0.6 is 11.6 Å². The molecule has 0 aromatic heterocycles. The summed E-state index contributed by atoms with van der Waals surface area (Å²) in [7, 11) is 0. The predicted octanol–water partition coefficient (Wildman–Crippen LogP) is 1.62. The van der Waals surface area contributed by atoms with Crippen LogP contribution in [-0.4, -0.2) is 23.6 Å². The van der Waals surface area contributed by atoms with Crippen LogP contribution in [0.4, 0.5) is 0 Å². The summed E-state index contributed by atoms with van der Waals surface area (Å²) in [5, 5.41) is 8.49. The van der Waals surface area contributed by atoms with Crippen LogP contribution in [0.25, 0.3) is 0 Å². The van der Waals surface area contributed by atoms with Crippen molar-refractivity contribution in [2.24, 2.45) is 0 Å². The Morgan fingerprint density at radius 3 is 2.73 bits per heavy atom. The van der Waals surface area contributed by atoms with Gasteiger partial charge < -0.3 is 9.84 Å². The fraction of sp³-hybridized carbons (Fsp3) is 0.571. The number of carboxylic acid groups (broad SMARTS) is 1. The predicted molar refractivity (Wildman–Crippen MR) is 42.7 cm³/mol. The Labute approximate surface area is 70.6 Å².